The van der Waals surface area contributed by atoms with Gasteiger partial charge in [0.1, 0.15) is 5.82 Å². The number of aromatic nitrogens is 2. The molecule has 0 aliphatic heterocycles. The summed E-state index contributed by atoms with van der Waals surface area (Å²) in [5.74, 6) is 1.31. The van der Waals surface area contributed by atoms with Gasteiger partial charge in [0.2, 0.25) is 0 Å². The molecule has 0 aliphatic rings. The quantitative estimate of drug-likeness (QED) is 0.532. The lowest BCUT2D eigenvalue weighted by Gasteiger charge is -2.08. The van der Waals surface area contributed by atoms with Gasteiger partial charge in [-0.25, -0.2) is 4.98 Å². The van der Waals surface area contributed by atoms with Crippen LogP contribution in [0, 0.1) is 0 Å². The number of hydrogen-bond acceptors (Lipinski definition) is 3. The van der Waals surface area contributed by atoms with Crippen molar-refractivity contribution in [3.8, 4) is 0 Å². The van der Waals surface area contributed by atoms with E-state index in [1.807, 2.05) is 12.1 Å². The fourth-order valence-electron chi connectivity index (χ4n) is 2.07. The standard InChI is InChI=1S/C14H18BrClN2O2/c1-19-7-8-20-6-2-5-18-13-4-3-11(15)9-12(13)17-14(18)10-16/h3-4,9H,2,5-8,10H2,1H3. The molecule has 0 atom stereocenters. The number of alkyl halides is 1. The summed E-state index contributed by atoms with van der Waals surface area (Å²) in [4.78, 5) is 4.56. The average Bonchev–Trinajstić information content (AvgIpc) is 2.79. The van der Waals surface area contributed by atoms with Crippen LogP contribution in [0.15, 0.2) is 22.7 Å². The summed E-state index contributed by atoms with van der Waals surface area (Å²) in [6.45, 7) is 2.83. The summed E-state index contributed by atoms with van der Waals surface area (Å²) in [5, 5.41) is 0. The zero-order valence-corrected chi connectivity index (χ0v) is 13.8. The van der Waals surface area contributed by atoms with Crippen LogP contribution >= 0.6 is 27.5 Å². The van der Waals surface area contributed by atoms with Crippen LogP contribution in [-0.4, -0.2) is 36.5 Å². The molecule has 0 fully saturated rings. The molecule has 1 aromatic carbocycles. The molecule has 6 heteroatoms. The zero-order chi connectivity index (χ0) is 14.4. The number of nitrogens with zero attached hydrogens (tertiary/aromatic N) is 2. The number of fused-ring (bicyclic) bond motifs is 1. The number of hydrogen-bond donors (Lipinski definition) is 0. The van der Waals surface area contributed by atoms with E-state index in [1.165, 1.54) is 0 Å². The Hall–Kier alpha value is -0.620. The molecule has 4 nitrogen and oxygen atoms in total. The Morgan fingerprint density at radius 3 is 2.90 bits per heavy atom. The molecule has 0 spiro atoms. The predicted octanol–water partition coefficient (Wildman–Crippen LogP) is 3.59. The van der Waals surface area contributed by atoms with Crippen LogP contribution in [0.4, 0.5) is 0 Å². The lowest BCUT2D eigenvalue weighted by Crippen LogP contribution is -2.08. The van der Waals surface area contributed by atoms with E-state index >= 15 is 0 Å². The van der Waals surface area contributed by atoms with Gasteiger partial charge in [-0.05, 0) is 24.6 Å². The number of methoxy groups -OCH3 is 1. The van der Waals surface area contributed by atoms with Gasteiger partial charge in [-0.15, -0.1) is 11.6 Å². The van der Waals surface area contributed by atoms with Crippen molar-refractivity contribution in [3.63, 3.8) is 0 Å². The van der Waals surface area contributed by atoms with E-state index in [2.05, 4.69) is 31.5 Å². The van der Waals surface area contributed by atoms with Crippen molar-refractivity contribution in [1.82, 2.24) is 9.55 Å². The van der Waals surface area contributed by atoms with Crippen molar-refractivity contribution >= 4 is 38.6 Å². The zero-order valence-electron chi connectivity index (χ0n) is 11.4. The Morgan fingerprint density at radius 1 is 1.30 bits per heavy atom. The van der Waals surface area contributed by atoms with Gasteiger partial charge in [-0.2, -0.15) is 0 Å². The van der Waals surface area contributed by atoms with Crippen molar-refractivity contribution in [2.24, 2.45) is 0 Å². The maximum atomic E-state index is 5.98. The van der Waals surface area contributed by atoms with E-state index in [-0.39, 0.29) is 0 Å². The molecule has 0 saturated carbocycles. The summed E-state index contributed by atoms with van der Waals surface area (Å²) in [6.07, 6.45) is 0.926. The van der Waals surface area contributed by atoms with Gasteiger partial charge in [-0.1, -0.05) is 15.9 Å². The Morgan fingerprint density at radius 2 is 2.15 bits per heavy atom. The summed E-state index contributed by atoms with van der Waals surface area (Å²) >= 11 is 9.44. The highest BCUT2D eigenvalue weighted by Gasteiger charge is 2.09. The SMILES string of the molecule is COCCOCCCn1c(CCl)nc2cc(Br)ccc21. The Balaban J connectivity index is 2.01. The predicted molar refractivity (Wildman–Crippen MR) is 84.3 cm³/mol. The van der Waals surface area contributed by atoms with E-state index < -0.39 is 0 Å². The second kappa shape index (κ2) is 7.98. The maximum Gasteiger partial charge on any atom is 0.124 e. The smallest absolute Gasteiger partial charge is 0.124 e. The molecule has 0 amide bonds. The highest BCUT2D eigenvalue weighted by Crippen LogP contribution is 2.22. The monoisotopic (exact) mass is 360 g/mol. The average molecular weight is 362 g/mol. The second-order valence-electron chi connectivity index (χ2n) is 4.41. The molecule has 0 unspecified atom stereocenters. The van der Waals surface area contributed by atoms with Gasteiger partial charge in [0.15, 0.2) is 0 Å². The summed E-state index contributed by atoms with van der Waals surface area (Å²) in [7, 11) is 1.67. The molecule has 0 aliphatic carbocycles. The Kier molecular flexibility index (Phi) is 6.29. The lowest BCUT2D eigenvalue weighted by molar-refractivity contribution is 0.0681. The van der Waals surface area contributed by atoms with Gasteiger partial charge >= 0.3 is 0 Å². The third kappa shape index (κ3) is 3.95. The Bertz CT molecular complexity index is 559. The van der Waals surface area contributed by atoms with E-state index in [4.69, 9.17) is 21.1 Å². The van der Waals surface area contributed by atoms with Crippen LogP contribution in [0.1, 0.15) is 12.2 Å². The van der Waals surface area contributed by atoms with Crippen LogP contribution in [0.3, 0.4) is 0 Å². The van der Waals surface area contributed by atoms with Gasteiger partial charge in [0.25, 0.3) is 0 Å². The molecule has 0 radical (unpaired) electrons. The molecule has 110 valence electrons. The van der Waals surface area contributed by atoms with E-state index in [0.717, 1.165) is 34.3 Å². The minimum atomic E-state index is 0.414. The first-order chi connectivity index (χ1) is 9.76. The number of ether oxygens (including phenoxy) is 2. The first kappa shape index (κ1) is 15.8. The third-order valence-corrected chi connectivity index (χ3v) is 3.74. The number of benzene rings is 1. The normalized spacial score (nSPS) is 11.3. The fraction of sp³-hybridized carbons (Fsp3) is 0.500. The van der Waals surface area contributed by atoms with Crippen molar-refractivity contribution < 1.29 is 9.47 Å². The molecule has 0 saturated heterocycles. The second-order valence-corrected chi connectivity index (χ2v) is 5.59. The topological polar surface area (TPSA) is 36.3 Å². The van der Waals surface area contributed by atoms with E-state index in [0.29, 0.717) is 25.7 Å². The molecule has 0 bridgehead atoms. The molecule has 1 heterocycles. The molecule has 2 aromatic rings. The van der Waals surface area contributed by atoms with Gasteiger partial charge in [-0.3, -0.25) is 0 Å². The summed E-state index contributed by atoms with van der Waals surface area (Å²) in [6, 6.07) is 6.10. The lowest BCUT2D eigenvalue weighted by atomic mass is 10.3. The van der Waals surface area contributed by atoms with Gasteiger partial charge in [0, 0.05) is 24.7 Å². The van der Waals surface area contributed by atoms with Crippen LogP contribution in [0.25, 0.3) is 11.0 Å². The van der Waals surface area contributed by atoms with Crippen LogP contribution in [0.5, 0.6) is 0 Å². The number of aryl methyl sites for hydroxylation is 1. The molecular formula is C14H18BrClN2O2. The number of rotatable bonds is 8. The molecule has 0 N–H and O–H groups in total. The first-order valence-corrected chi connectivity index (χ1v) is 7.86. The van der Waals surface area contributed by atoms with Crippen LogP contribution in [0.2, 0.25) is 0 Å². The van der Waals surface area contributed by atoms with Crippen molar-refractivity contribution in [2.45, 2.75) is 18.8 Å². The van der Waals surface area contributed by atoms with E-state index in [1.54, 1.807) is 7.11 Å². The fourth-order valence-corrected chi connectivity index (χ4v) is 2.63. The number of halogens is 2. The first-order valence-electron chi connectivity index (χ1n) is 6.53. The highest BCUT2D eigenvalue weighted by atomic mass is 79.9. The summed E-state index contributed by atoms with van der Waals surface area (Å²) < 4.78 is 13.6. The summed E-state index contributed by atoms with van der Waals surface area (Å²) in [5.41, 5.74) is 2.08. The highest BCUT2D eigenvalue weighted by molar-refractivity contribution is 9.10. The largest absolute Gasteiger partial charge is 0.382 e. The molecule has 1 aromatic heterocycles. The minimum Gasteiger partial charge on any atom is -0.382 e. The van der Waals surface area contributed by atoms with Crippen molar-refractivity contribution in [2.75, 3.05) is 26.9 Å². The van der Waals surface area contributed by atoms with Gasteiger partial charge < -0.3 is 14.0 Å². The van der Waals surface area contributed by atoms with Crippen LogP contribution < -0.4 is 0 Å². The van der Waals surface area contributed by atoms with Gasteiger partial charge in [0.05, 0.1) is 30.1 Å². The Labute approximate surface area is 132 Å². The minimum absolute atomic E-state index is 0.414. The molecule has 20 heavy (non-hydrogen) atoms. The van der Waals surface area contributed by atoms with Crippen molar-refractivity contribution in [1.29, 1.82) is 0 Å². The van der Waals surface area contributed by atoms with E-state index in [9.17, 15) is 0 Å². The maximum absolute atomic E-state index is 5.98. The van der Waals surface area contributed by atoms with Crippen molar-refractivity contribution in [3.05, 3.63) is 28.5 Å². The number of imidazole rings is 1. The van der Waals surface area contributed by atoms with Crippen LogP contribution in [-0.2, 0) is 21.9 Å². The molecular weight excluding hydrogens is 344 g/mol. The third-order valence-electron chi connectivity index (χ3n) is 3.01. The molecule has 2 rings (SSSR count).